The van der Waals surface area contributed by atoms with Crippen molar-refractivity contribution in [1.82, 2.24) is 15.1 Å². The number of anilines is 1. The Bertz CT molecular complexity index is 894. The highest BCUT2D eigenvalue weighted by molar-refractivity contribution is 5.60. The molecule has 5 nitrogen and oxygen atoms in total. The van der Waals surface area contributed by atoms with E-state index >= 15 is 0 Å². The second-order valence-corrected chi connectivity index (χ2v) is 9.46. The normalized spacial score (nSPS) is 22.0. The molecule has 172 valence electrons. The molecule has 2 aromatic rings. The highest BCUT2D eigenvalue weighted by Crippen LogP contribution is 2.43. The van der Waals surface area contributed by atoms with Crippen LogP contribution in [-0.4, -0.2) is 53.7 Å². The molecular weight excluding hydrogens is 417 g/mol. The average molecular weight is 447 g/mol. The van der Waals surface area contributed by atoms with Crippen LogP contribution >= 0.6 is 0 Å². The fourth-order valence-electron chi connectivity index (χ4n) is 5.30. The summed E-state index contributed by atoms with van der Waals surface area (Å²) in [6.07, 6.45) is 4.53. The summed E-state index contributed by atoms with van der Waals surface area (Å²) in [5, 5.41) is 8.72. The van der Waals surface area contributed by atoms with Gasteiger partial charge in [-0.05, 0) is 93.4 Å². The van der Waals surface area contributed by atoms with Crippen molar-refractivity contribution in [1.29, 1.82) is 0 Å². The molecule has 1 aliphatic carbocycles. The van der Waals surface area contributed by atoms with E-state index in [-0.39, 0.29) is 5.75 Å². The van der Waals surface area contributed by atoms with Gasteiger partial charge in [-0.25, -0.2) is 0 Å². The summed E-state index contributed by atoms with van der Waals surface area (Å²) in [6.45, 7) is 4.51. The zero-order chi connectivity index (χ0) is 22.2. The summed E-state index contributed by atoms with van der Waals surface area (Å²) in [4.78, 5) is 5.02. The van der Waals surface area contributed by atoms with Crippen molar-refractivity contribution in [2.24, 2.45) is 5.41 Å². The third-order valence-corrected chi connectivity index (χ3v) is 7.63. The number of nitrogens with zero attached hydrogens (tertiary/aromatic N) is 4. The van der Waals surface area contributed by atoms with Crippen LogP contribution in [0.15, 0.2) is 36.4 Å². The van der Waals surface area contributed by atoms with Gasteiger partial charge in [0.1, 0.15) is 5.75 Å². The van der Waals surface area contributed by atoms with Gasteiger partial charge < -0.3 is 14.5 Å². The van der Waals surface area contributed by atoms with Gasteiger partial charge in [-0.15, -0.1) is 23.4 Å². The van der Waals surface area contributed by atoms with Crippen molar-refractivity contribution in [3.63, 3.8) is 0 Å². The molecule has 1 aromatic carbocycles. The highest BCUT2D eigenvalue weighted by Gasteiger charge is 2.40. The zero-order valence-corrected chi connectivity index (χ0v) is 18.2. The number of piperidine rings is 2. The number of alkyl halides is 3. The van der Waals surface area contributed by atoms with Crippen LogP contribution in [0.25, 0.3) is 11.3 Å². The topological polar surface area (TPSA) is 41.5 Å². The summed E-state index contributed by atoms with van der Waals surface area (Å²) in [6, 6.07) is 10.4. The monoisotopic (exact) mass is 446 g/mol. The van der Waals surface area contributed by atoms with Crippen molar-refractivity contribution < 1.29 is 17.9 Å². The Kier molecular flexibility index (Phi) is 5.73. The van der Waals surface area contributed by atoms with E-state index in [2.05, 4.69) is 24.7 Å². The molecule has 0 radical (unpaired) electrons. The van der Waals surface area contributed by atoms with Gasteiger partial charge in [-0.1, -0.05) is 6.42 Å². The Morgan fingerprint density at radius 2 is 1.50 bits per heavy atom. The molecule has 0 unspecified atom stereocenters. The lowest BCUT2D eigenvalue weighted by Gasteiger charge is -2.50. The summed E-state index contributed by atoms with van der Waals surface area (Å²) >= 11 is 0. The minimum absolute atomic E-state index is 0.244. The predicted molar refractivity (Wildman–Crippen MR) is 116 cm³/mol. The smallest absolute Gasteiger partial charge is 0.406 e. The first-order valence-corrected chi connectivity index (χ1v) is 11.6. The lowest BCUT2D eigenvalue weighted by molar-refractivity contribution is -0.274. The molecule has 5 rings (SSSR count). The van der Waals surface area contributed by atoms with E-state index in [1.807, 2.05) is 12.1 Å². The molecule has 0 bridgehead atoms. The van der Waals surface area contributed by atoms with Crippen LogP contribution in [0.5, 0.6) is 5.75 Å². The van der Waals surface area contributed by atoms with Crippen LogP contribution in [0.4, 0.5) is 19.0 Å². The van der Waals surface area contributed by atoms with E-state index < -0.39 is 6.36 Å². The van der Waals surface area contributed by atoms with E-state index in [1.54, 1.807) is 12.1 Å². The number of likely N-dealkylation sites (tertiary alicyclic amines) is 1. The van der Waals surface area contributed by atoms with Gasteiger partial charge in [0.15, 0.2) is 5.82 Å². The van der Waals surface area contributed by atoms with Crippen molar-refractivity contribution in [2.45, 2.75) is 57.3 Å². The molecule has 0 atom stereocenters. The standard InChI is InChI=1S/C24H29F3N4O/c25-24(26,27)32-20-6-4-18(5-7-20)21-8-9-22(29-28-21)31-16-12-23(13-17-31)10-14-30(15-11-23)19-2-1-3-19/h4-9,19H,1-3,10-17H2. The van der Waals surface area contributed by atoms with Crippen LogP contribution in [0, 0.1) is 5.41 Å². The van der Waals surface area contributed by atoms with Crippen LogP contribution in [-0.2, 0) is 0 Å². The van der Waals surface area contributed by atoms with E-state index in [0.717, 1.165) is 24.9 Å². The zero-order valence-electron chi connectivity index (χ0n) is 18.2. The van der Waals surface area contributed by atoms with E-state index in [1.165, 1.54) is 70.2 Å². The lowest BCUT2D eigenvalue weighted by Crippen LogP contribution is -2.51. The molecule has 2 aliphatic heterocycles. The summed E-state index contributed by atoms with van der Waals surface area (Å²) < 4.78 is 40.9. The maximum absolute atomic E-state index is 12.3. The van der Waals surface area contributed by atoms with Gasteiger partial charge in [0, 0.05) is 24.7 Å². The summed E-state index contributed by atoms with van der Waals surface area (Å²) in [7, 11) is 0. The van der Waals surface area contributed by atoms with Gasteiger partial charge in [-0.3, -0.25) is 0 Å². The molecule has 0 N–H and O–H groups in total. The Hall–Kier alpha value is -2.35. The quantitative estimate of drug-likeness (QED) is 0.640. The van der Waals surface area contributed by atoms with Gasteiger partial charge in [0.25, 0.3) is 0 Å². The molecule has 3 aliphatic rings. The number of halogens is 3. The third kappa shape index (κ3) is 4.70. The number of hydrogen-bond donors (Lipinski definition) is 0. The van der Waals surface area contributed by atoms with Gasteiger partial charge >= 0.3 is 6.36 Å². The molecule has 1 saturated carbocycles. The van der Waals surface area contributed by atoms with Crippen molar-refractivity contribution in [3.05, 3.63) is 36.4 Å². The van der Waals surface area contributed by atoms with Crippen molar-refractivity contribution in [2.75, 3.05) is 31.1 Å². The minimum atomic E-state index is -4.69. The summed E-state index contributed by atoms with van der Waals surface area (Å²) in [5.41, 5.74) is 1.82. The first kappa shape index (κ1) is 21.5. The first-order valence-electron chi connectivity index (χ1n) is 11.6. The fourth-order valence-corrected chi connectivity index (χ4v) is 5.30. The molecule has 1 aromatic heterocycles. The largest absolute Gasteiger partial charge is 0.573 e. The number of hydrogen-bond acceptors (Lipinski definition) is 5. The van der Waals surface area contributed by atoms with Crippen LogP contribution in [0.1, 0.15) is 44.9 Å². The van der Waals surface area contributed by atoms with Crippen molar-refractivity contribution >= 4 is 5.82 Å². The number of rotatable bonds is 4. The molecule has 1 spiro atoms. The molecule has 2 saturated heterocycles. The summed E-state index contributed by atoms with van der Waals surface area (Å²) in [5.74, 6) is 0.624. The SMILES string of the molecule is FC(F)(F)Oc1ccc(-c2ccc(N3CCC4(CC3)CCN(C3CCC3)CC4)nn2)cc1. The maximum atomic E-state index is 12.3. The Morgan fingerprint density at radius 3 is 2.03 bits per heavy atom. The third-order valence-electron chi connectivity index (χ3n) is 7.63. The van der Waals surface area contributed by atoms with Crippen LogP contribution in [0.2, 0.25) is 0 Å². The Labute approximate surface area is 186 Å². The number of ether oxygens (including phenoxy) is 1. The lowest BCUT2D eigenvalue weighted by atomic mass is 9.70. The Morgan fingerprint density at radius 1 is 0.844 bits per heavy atom. The van der Waals surface area contributed by atoms with Crippen LogP contribution < -0.4 is 9.64 Å². The molecule has 8 heteroatoms. The van der Waals surface area contributed by atoms with Gasteiger partial charge in [0.05, 0.1) is 5.69 Å². The molecule has 0 amide bonds. The minimum Gasteiger partial charge on any atom is -0.406 e. The second kappa shape index (κ2) is 8.54. The van der Waals surface area contributed by atoms with E-state index in [9.17, 15) is 13.2 Å². The molecular formula is C24H29F3N4O. The molecule has 32 heavy (non-hydrogen) atoms. The fraction of sp³-hybridized carbons (Fsp3) is 0.583. The maximum Gasteiger partial charge on any atom is 0.573 e. The number of aromatic nitrogens is 2. The van der Waals surface area contributed by atoms with Crippen molar-refractivity contribution in [3.8, 4) is 17.0 Å². The highest BCUT2D eigenvalue weighted by atomic mass is 19.4. The van der Waals surface area contributed by atoms with Crippen LogP contribution in [0.3, 0.4) is 0 Å². The predicted octanol–water partition coefficient (Wildman–Crippen LogP) is 5.28. The second-order valence-electron chi connectivity index (χ2n) is 9.46. The van der Waals surface area contributed by atoms with E-state index in [0.29, 0.717) is 16.7 Å². The Balaban J connectivity index is 1.16. The average Bonchev–Trinajstić information content (AvgIpc) is 2.75. The molecule has 3 heterocycles. The van der Waals surface area contributed by atoms with E-state index in [4.69, 9.17) is 0 Å². The van der Waals surface area contributed by atoms with Gasteiger partial charge in [-0.2, -0.15) is 0 Å². The number of benzene rings is 1. The molecule has 3 fully saturated rings. The first-order chi connectivity index (χ1) is 15.4. The van der Waals surface area contributed by atoms with Gasteiger partial charge in [0.2, 0.25) is 0 Å².